The molecule has 3 aromatic rings. The van der Waals surface area contributed by atoms with Crippen LogP contribution in [0, 0.1) is 0 Å². The number of benzene rings is 1. The van der Waals surface area contributed by atoms with Crippen LogP contribution in [0.15, 0.2) is 54.9 Å². The molecule has 172 valence electrons. The molecule has 1 atom stereocenters. The quantitative estimate of drug-likeness (QED) is 0.486. The Balaban J connectivity index is 1.37. The molecule has 0 amide bonds. The fourth-order valence-electron chi connectivity index (χ4n) is 3.60. The summed E-state index contributed by atoms with van der Waals surface area (Å²) in [4.78, 5) is 13.6. The SMILES string of the molecule is c1ccc(COc2cnc(COC3CCCCO3)cc2-c2nccc(OC3COC3)n2)cc1. The molecule has 1 aromatic carbocycles. The first-order valence-electron chi connectivity index (χ1n) is 11.3. The summed E-state index contributed by atoms with van der Waals surface area (Å²) in [5.74, 6) is 1.61. The van der Waals surface area contributed by atoms with Crippen molar-refractivity contribution in [3.63, 3.8) is 0 Å². The molecule has 2 aliphatic heterocycles. The van der Waals surface area contributed by atoms with Crippen LogP contribution in [0.25, 0.3) is 11.4 Å². The fraction of sp³-hybridized carbons (Fsp3) is 0.400. The Morgan fingerprint density at radius 3 is 2.70 bits per heavy atom. The van der Waals surface area contributed by atoms with Gasteiger partial charge in [0.15, 0.2) is 12.1 Å². The van der Waals surface area contributed by atoms with E-state index in [0.29, 0.717) is 43.9 Å². The van der Waals surface area contributed by atoms with E-state index in [1.807, 2.05) is 36.4 Å². The van der Waals surface area contributed by atoms with Crippen molar-refractivity contribution in [2.45, 2.75) is 44.9 Å². The van der Waals surface area contributed by atoms with Crippen LogP contribution in [-0.2, 0) is 27.4 Å². The monoisotopic (exact) mass is 449 g/mol. The van der Waals surface area contributed by atoms with Crippen molar-refractivity contribution in [3.8, 4) is 23.0 Å². The summed E-state index contributed by atoms with van der Waals surface area (Å²) in [6.45, 7) is 2.64. The van der Waals surface area contributed by atoms with Crippen molar-refractivity contribution in [1.29, 1.82) is 0 Å². The van der Waals surface area contributed by atoms with E-state index >= 15 is 0 Å². The summed E-state index contributed by atoms with van der Waals surface area (Å²) in [7, 11) is 0. The third-order valence-electron chi connectivity index (χ3n) is 5.48. The van der Waals surface area contributed by atoms with E-state index in [2.05, 4.69) is 15.0 Å². The maximum absolute atomic E-state index is 6.11. The standard InChI is InChI=1S/C25H27N3O5/c1-2-6-18(7-3-1)14-31-22-13-27-19(15-32-24-8-4-5-11-30-24)12-21(22)25-26-10-9-23(28-25)33-20-16-29-17-20/h1-3,6-7,9-10,12-13,20,24H,4-5,8,11,14-17H2. The molecule has 2 aliphatic rings. The second-order valence-corrected chi connectivity index (χ2v) is 8.05. The van der Waals surface area contributed by atoms with Gasteiger partial charge in [-0.25, -0.2) is 4.98 Å². The van der Waals surface area contributed by atoms with Crippen LogP contribution in [0.2, 0.25) is 0 Å². The molecule has 1 unspecified atom stereocenters. The van der Waals surface area contributed by atoms with Gasteiger partial charge in [-0.2, -0.15) is 4.98 Å². The zero-order valence-corrected chi connectivity index (χ0v) is 18.4. The van der Waals surface area contributed by atoms with Gasteiger partial charge in [-0.1, -0.05) is 30.3 Å². The van der Waals surface area contributed by atoms with Crippen molar-refractivity contribution < 1.29 is 23.7 Å². The summed E-state index contributed by atoms with van der Waals surface area (Å²) >= 11 is 0. The first-order valence-corrected chi connectivity index (χ1v) is 11.3. The van der Waals surface area contributed by atoms with Crippen molar-refractivity contribution in [2.24, 2.45) is 0 Å². The number of rotatable bonds is 9. The highest BCUT2D eigenvalue weighted by atomic mass is 16.7. The maximum Gasteiger partial charge on any atom is 0.217 e. The van der Waals surface area contributed by atoms with Crippen LogP contribution in [0.1, 0.15) is 30.5 Å². The molecule has 4 heterocycles. The van der Waals surface area contributed by atoms with Crippen LogP contribution in [0.5, 0.6) is 11.6 Å². The third-order valence-corrected chi connectivity index (χ3v) is 5.48. The summed E-state index contributed by atoms with van der Waals surface area (Å²) < 4.78 is 28.8. The second kappa shape index (κ2) is 10.7. The molecule has 2 fully saturated rings. The van der Waals surface area contributed by atoms with Crippen molar-refractivity contribution in [2.75, 3.05) is 19.8 Å². The largest absolute Gasteiger partial charge is 0.487 e. The first kappa shape index (κ1) is 21.8. The minimum atomic E-state index is -0.185. The van der Waals surface area contributed by atoms with Crippen LogP contribution < -0.4 is 9.47 Å². The molecule has 8 nitrogen and oxygen atoms in total. The zero-order chi connectivity index (χ0) is 22.3. The van der Waals surface area contributed by atoms with Gasteiger partial charge in [-0.15, -0.1) is 0 Å². The summed E-state index contributed by atoms with van der Waals surface area (Å²) in [5.41, 5.74) is 2.56. The Bertz CT molecular complexity index is 1040. The molecule has 0 N–H and O–H groups in total. The molecule has 5 rings (SSSR count). The van der Waals surface area contributed by atoms with E-state index in [1.165, 1.54) is 0 Å². The van der Waals surface area contributed by atoms with E-state index in [1.54, 1.807) is 18.5 Å². The summed E-state index contributed by atoms with van der Waals surface area (Å²) in [6, 6.07) is 13.6. The first-order chi connectivity index (χ1) is 16.3. The predicted octanol–water partition coefficient (Wildman–Crippen LogP) is 3.94. The third kappa shape index (κ3) is 5.84. The Morgan fingerprint density at radius 2 is 1.91 bits per heavy atom. The van der Waals surface area contributed by atoms with Crippen LogP contribution in [0.4, 0.5) is 0 Å². The molecule has 33 heavy (non-hydrogen) atoms. The number of ether oxygens (including phenoxy) is 5. The van der Waals surface area contributed by atoms with Crippen LogP contribution in [-0.4, -0.2) is 47.2 Å². The molecule has 0 aliphatic carbocycles. The van der Waals surface area contributed by atoms with E-state index in [-0.39, 0.29) is 12.4 Å². The molecule has 0 bridgehead atoms. The van der Waals surface area contributed by atoms with Gasteiger partial charge < -0.3 is 23.7 Å². The minimum Gasteiger partial charge on any atom is -0.487 e. The number of aromatic nitrogens is 3. The molecular weight excluding hydrogens is 422 g/mol. The molecule has 0 spiro atoms. The normalized spacial score (nSPS) is 18.5. The number of pyridine rings is 1. The van der Waals surface area contributed by atoms with E-state index < -0.39 is 0 Å². The summed E-state index contributed by atoms with van der Waals surface area (Å²) in [5, 5.41) is 0. The minimum absolute atomic E-state index is 0.0263. The lowest BCUT2D eigenvalue weighted by Gasteiger charge is -2.26. The second-order valence-electron chi connectivity index (χ2n) is 8.05. The van der Waals surface area contributed by atoms with Crippen molar-refractivity contribution in [3.05, 3.63) is 66.1 Å². The van der Waals surface area contributed by atoms with E-state index in [9.17, 15) is 0 Å². The van der Waals surface area contributed by atoms with Gasteiger partial charge in [0.1, 0.15) is 18.5 Å². The topological polar surface area (TPSA) is 84.8 Å². The lowest BCUT2D eigenvalue weighted by atomic mass is 10.2. The van der Waals surface area contributed by atoms with Gasteiger partial charge in [-0.3, -0.25) is 4.98 Å². The van der Waals surface area contributed by atoms with Gasteiger partial charge in [0.25, 0.3) is 0 Å². The highest BCUT2D eigenvalue weighted by Crippen LogP contribution is 2.30. The predicted molar refractivity (Wildman–Crippen MR) is 120 cm³/mol. The van der Waals surface area contributed by atoms with Gasteiger partial charge in [0, 0.05) is 18.9 Å². The average molecular weight is 450 g/mol. The molecule has 0 radical (unpaired) electrons. The van der Waals surface area contributed by atoms with Crippen LogP contribution >= 0.6 is 0 Å². The number of hydrogen-bond donors (Lipinski definition) is 0. The van der Waals surface area contributed by atoms with Crippen molar-refractivity contribution >= 4 is 0 Å². The van der Waals surface area contributed by atoms with E-state index in [0.717, 1.165) is 42.7 Å². The van der Waals surface area contributed by atoms with Gasteiger partial charge >= 0.3 is 0 Å². The number of nitrogens with zero attached hydrogens (tertiary/aromatic N) is 3. The Labute approximate surface area is 192 Å². The molecule has 2 saturated heterocycles. The fourth-order valence-corrected chi connectivity index (χ4v) is 3.60. The average Bonchev–Trinajstić information content (AvgIpc) is 2.85. The highest BCUT2D eigenvalue weighted by molar-refractivity contribution is 5.64. The molecule has 8 heteroatoms. The lowest BCUT2D eigenvalue weighted by Crippen LogP contribution is -2.38. The lowest BCUT2D eigenvalue weighted by molar-refractivity contribution is -0.169. The van der Waals surface area contributed by atoms with E-state index in [4.69, 9.17) is 23.7 Å². The Kier molecular flexibility index (Phi) is 7.05. The maximum atomic E-state index is 6.11. The molecule has 2 aromatic heterocycles. The number of hydrogen-bond acceptors (Lipinski definition) is 8. The van der Waals surface area contributed by atoms with Crippen LogP contribution in [0.3, 0.4) is 0 Å². The van der Waals surface area contributed by atoms with Gasteiger partial charge in [-0.05, 0) is 30.9 Å². The zero-order valence-electron chi connectivity index (χ0n) is 18.4. The summed E-state index contributed by atoms with van der Waals surface area (Å²) in [6.07, 6.45) is 6.33. The smallest absolute Gasteiger partial charge is 0.217 e. The molecular formula is C25H27N3O5. The van der Waals surface area contributed by atoms with Gasteiger partial charge in [0.2, 0.25) is 5.88 Å². The van der Waals surface area contributed by atoms with Gasteiger partial charge in [0.05, 0.1) is 37.3 Å². The highest BCUT2D eigenvalue weighted by Gasteiger charge is 2.22. The molecule has 0 saturated carbocycles. The van der Waals surface area contributed by atoms with Crippen molar-refractivity contribution in [1.82, 2.24) is 15.0 Å². The Hall–Kier alpha value is -3.07. The Morgan fingerprint density at radius 1 is 1.00 bits per heavy atom.